The molecule has 0 bridgehead atoms. The first-order valence-electron chi connectivity index (χ1n) is 8.42. The van der Waals surface area contributed by atoms with Gasteiger partial charge >= 0.3 is 0 Å². The molecule has 0 amide bonds. The summed E-state index contributed by atoms with van der Waals surface area (Å²) in [5.74, 6) is -0.528. The number of hydrogen-bond acceptors (Lipinski definition) is 5. The number of aliphatic hydroxyl groups is 1. The van der Waals surface area contributed by atoms with Crippen LogP contribution in [0.15, 0.2) is 36.4 Å². The van der Waals surface area contributed by atoms with Gasteiger partial charge in [0.25, 0.3) is 0 Å². The molecule has 1 N–H and O–H groups in total. The van der Waals surface area contributed by atoms with E-state index in [0.717, 1.165) is 6.07 Å². The van der Waals surface area contributed by atoms with E-state index in [2.05, 4.69) is 0 Å². The average Bonchev–Trinajstić information content (AvgIpc) is 2.62. The summed E-state index contributed by atoms with van der Waals surface area (Å²) in [5.41, 5.74) is 0.842. The van der Waals surface area contributed by atoms with Crippen molar-refractivity contribution in [2.75, 3.05) is 27.3 Å². The van der Waals surface area contributed by atoms with E-state index in [-0.39, 0.29) is 25.5 Å². The molecule has 2 aromatic rings. The standard InChI is InChI=1S/C20H23F2NO4/c1-13(24)14-5-7-19(20(8-14)26-3)27-12-17(25)11-23(2)10-15-4-6-16(21)9-18(15)22/h4-9,17,25H,10-12H2,1-3H3/t17-/m0/s1. The van der Waals surface area contributed by atoms with Gasteiger partial charge < -0.3 is 14.6 Å². The van der Waals surface area contributed by atoms with Gasteiger partial charge in [-0.15, -0.1) is 0 Å². The number of hydrogen-bond donors (Lipinski definition) is 1. The van der Waals surface area contributed by atoms with Crippen LogP contribution in [0, 0.1) is 11.6 Å². The molecular weight excluding hydrogens is 356 g/mol. The number of carbonyl (C=O) groups excluding carboxylic acids is 1. The molecule has 0 aliphatic carbocycles. The molecular formula is C20H23F2NO4. The number of carbonyl (C=O) groups is 1. The highest BCUT2D eigenvalue weighted by Crippen LogP contribution is 2.28. The van der Waals surface area contributed by atoms with Gasteiger partial charge in [-0.05, 0) is 38.2 Å². The predicted molar refractivity (Wildman–Crippen MR) is 97.2 cm³/mol. The summed E-state index contributed by atoms with van der Waals surface area (Å²) in [6, 6.07) is 8.22. The zero-order valence-electron chi connectivity index (χ0n) is 15.5. The predicted octanol–water partition coefficient (Wildman–Crippen LogP) is 3.05. The molecule has 0 saturated carbocycles. The molecule has 0 fully saturated rings. The SMILES string of the molecule is COc1cc(C(C)=O)ccc1OC[C@@H](O)CN(C)Cc1ccc(F)cc1F. The van der Waals surface area contributed by atoms with Crippen molar-refractivity contribution in [3.05, 3.63) is 59.2 Å². The Kier molecular flexibility index (Phi) is 7.27. The Hall–Kier alpha value is -2.51. The van der Waals surface area contributed by atoms with Crippen molar-refractivity contribution in [1.29, 1.82) is 0 Å². The largest absolute Gasteiger partial charge is 0.493 e. The van der Waals surface area contributed by atoms with Gasteiger partial charge in [-0.3, -0.25) is 9.69 Å². The van der Waals surface area contributed by atoms with E-state index in [1.165, 1.54) is 26.2 Å². The molecule has 0 spiro atoms. The number of benzene rings is 2. The van der Waals surface area contributed by atoms with Crippen LogP contribution in [-0.2, 0) is 6.54 Å². The van der Waals surface area contributed by atoms with Crippen LogP contribution >= 0.6 is 0 Å². The Morgan fingerprint density at radius 2 is 1.93 bits per heavy atom. The Morgan fingerprint density at radius 1 is 1.19 bits per heavy atom. The van der Waals surface area contributed by atoms with Gasteiger partial charge in [0.1, 0.15) is 24.3 Å². The van der Waals surface area contributed by atoms with E-state index in [0.29, 0.717) is 22.6 Å². The highest BCUT2D eigenvalue weighted by molar-refractivity contribution is 5.94. The van der Waals surface area contributed by atoms with Crippen molar-refractivity contribution in [2.45, 2.75) is 19.6 Å². The highest BCUT2D eigenvalue weighted by atomic mass is 19.1. The summed E-state index contributed by atoms with van der Waals surface area (Å²) in [6.45, 7) is 1.90. The van der Waals surface area contributed by atoms with Gasteiger partial charge in [-0.1, -0.05) is 6.07 Å². The van der Waals surface area contributed by atoms with Crippen LogP contribution in [0.3, 0.4) is 0 Å². The van der Waals surface area contributed by atoms with Gasteiger partial charge in [0.15, 0.2) is 17.3 Å². The number of Topliss-reactive ketones (excluding diaryl/α,β-unsaturated/α-hetero) is 1. The molecule has 0 radical (unpaired) electrons. The third-order valence-corrected chi connectivity index (χ3v) is 3.98. The summed E-state index contributed by atoms with van der Waals surface area (Å²) in [7, 11) is 3.18. The molecule has 0 aromatic heterocycles. The first-order chi connectivity index (χ1) is 12.8. The smallest absolute Gasteiger partial charge is 0.161 e. The minimum Gasteiger partial charge on any atom is -0.493 e. The summed E-state index contributed by atoms with van der Waals surface area (Å²) < 4.78 is 37.4. The van der Waals surface area contributed by atoms with Crippen molar-refractivity contribution in [3.8, 4) is 11.5 Å². The molecule has 1 atom stereocenters. The van der Waals surface area contributed by atoms with Crippen molar-refractivity contribution in [1.82, 2.24) is 4.90 Å². The number of methoxy groups -OCH3 is 1. The lowest BCUT2D eigenvalue weighted by Crippen LogP contribution is -2.33. The molecule has 146 valence electrons. The molecule has 5 nitrogen and oxygen atoms in total. The molecule has 0 aliphatic heterocycles. The molecule has 27 heavy (non-hydrogen) atoms. The van der Waals surface area contributed by atoms with E-state index in [1.54, 1.807) is 30.1 Å². The molecule has 0 saturated heterocycles. The molecule has 2 aromatic carbocycles. The van der Waals surface area contributed by atoms with Gasteiger partial charge in [0.2, 0.25) is 0 Å². The first kappa shape index (κ1) is 20.8. The summed E-state index contributed by atoms with van der Waals surface area (Å²) >= 11 is 0. The van der Waals surface area contributed by atoms with Crippen LogP contribution < -0.4 is 9.47 Å². The van der Waals surface area contributed by atoms with Crippen LogP contribution in [0.4, 0.5) is 8.78 Å². The molecule has 2 rings (SSSR count). The topological polar surface area (TPSA) is 59.0 Å². The highest BCUT2D eigenvalue weighted by Gasteiger charge is 2.14. The minimum absolute atomic E-state index is 0.00792. The minimum atomic E-state index is -0.837. The van der Waals surface area contributed by atoms with E-state index in [4.69, 9.17) is 9.47 Å². The Labute approximate surface area is 157 Å². The van der Waals surface area contributed by atoms with Gasteiger partial charge in [-0.25, -0.2) is 8.78 Å². The van der Waals surface area contributed by atoms with E-state index >= 15 is 0 Å². The summed E-state index contributed by atoms with van der Waals surface area (Å²) in [6.07, 6.45) is -0.837. The zero-order valence-corrected chi connectivity index (χ0v) is 15.5. The second-order valence-electron chi connectivity index (χ2n) is 6.32. The van der Waals surface area contributed by atoms with Crippen molar-refractivity contribution in [2.24, 2.45) is 0 Å². The second kappa shape index (κ2) is 9.43. The van der Waals surface area contributed by atoms with Gasteiger partial charge in [0.05, 0.1) is 7.11 Å². The van der Waals surface area contributed by atoms with Crippen molar-refractivity contribution in [3.63, 3.8) is 0 Å². The van der Waals surface area contributed by atoms with Crippen molar-refractivity contribution < 1.29 is 28.2 Å². The first-order valence-corrected chi connectivity index (χ1v) is 8.42. The van der Waals surface area contributed by atoms with E-state index in [1.807, 2.05) is 0 Å². The van der Waals surface area contributed by atoms with Crippen LogP contribution in [-0.4, -0.2) is 49.2 Å². The number of rotatable bonds is 9. The lowest BCUT2D eigenvalue weighted by Gasteiger charge is -2.21. The third kappa shape index (κ3) is 6.01. The Balaban J connectivity index is 1.90. The van der Waals surface area contributed by atoms with Gasteiger partial charge in [-0.2, -0.15) is 0 Å². The van der Waals surface area contributed by atoms with Crippen LogP contribution in [0.5, 0.6) is 11.5 Å². The van der Waals surface area contributed by atoms with E-state index < -0.39 is 17.7 Å². The fourth-order valence-corrected chi connectivity index (χ4v) is 2.61. The number of ketones is 1. The summed E-state index contributed by atoms with van der Waals surface area (Å²) in [5, 5.41) is 10.2. The molecule has 0 heterocycles. The second-order valence-corrected chi connectivity index (χ2v) is 6.32. The lowest BCUT2D eigenvalue weighted by molar-refractivity contribution is 0.0729. The third-order valence-electron chi connectivity index (χ3n) is 3.98. The number of aliphatic hydroxyl groups excluding tert-OH is 1. The van der Waals surface area contributed by atoms with Crippen molar-refractivity contribution >= 4 is 5.78 Å². The quantitative estimate of drug-likeness (QED) is 0.679. The fraction of sp³-hybridized carbons (Fsp3) is 0.350. The van der Waals surface area contributed by atoms with E-state index in [9.17, 15) is 18.7 Å². The van der Waals surface area contributed by atoms with Crippen LogP contribution in [0.2, 0.25) is 0 Å². The molecule has 0 aliphatic rings. The fourth-order valence-electron chi connectivity index (χ4n) is 2.61. The Morgan fingerprint density at radius 3 is 2.56 bits per heavy atom. The average molecular weight is 379 g/mol. The number of likely N-dealkylation sites (N-methyl/N-ethyl adjacent to an activating group) is 1. The zero-order chi connectivity index (χ0) is 20.0. The maximum atomic E-state index is 13.7. The molecule has 0 unspecified atom stereocenters. The number of nitrogens with zero attached hydrogens (tertiary/aromatic N) is 1. The van der Waals surface area contributed by atoms with Crippen LogP contribution in [0.25, 0.3) is 0 Å². The number of halogens is 2. The summed E-state index contributed by atoms with van der Waals surface area (Å²) in [4.78, 5) is 13.1. The monoisotopic (exact) mass is 379 g/mol. The van der Waals surface area contributed by atoms with Gasteiger partial charge in [0, 0.05) is 30.3 Å². The maximum absolute atomic E-state index is 13.7. The Bertz CT molecular complexity index is 798. The molecule has 7 heteroatoms. The lowest BCUT2D eigenvalue weighted by atomic mass is 10.1. The normalized spacial score (nSPS) is 12.1. The number of ether oxygens (including phenoxy) is 2. The maximum Gasteiger partial charge on any atom is 0.161 e. The van der Waals surface area contributed by atoms with Crippen LogP contribution in [0.1, 0.15) is 22.8 Å².